The van der Waals surface area contributed by atoms with Crippen LogP contribution in [0.1, 0.15) is 48.7 Å². The maximum Gasteiger partial charge on any atom is 0.0773 e. The Hall–Kier alpha value is -0.560. The van der Waals surface area contributed by atoms with Gasteiger partial charge in [0.25, 0.3) is 0 Å². The van der Waals surface area contributed by atoms with Crippen LogP contribution < -0.4 is 11.3 Å². The highest BCUT2D eigenvalue weighted by atomic mass is 32.1. The molecule has 3 N–H and O–H groups in total. The molecule has 1 aliphatic heterocycles. The van der Waals surface area contributed by atoms with Gasteiger partial charge in [-0.15, -0.1) is 5.10 Å². The number of ether oxygens (including phenoxy) is 1. The largest absolute Gasteiger partial charge is 0.378 e. The van der Waals surface area contributed by atoms with Gasteiger partial charge in [0, 0.05) is 6.61 Å². The molecule has 17 heavy (non-hydrogen) atoms. The van der Waals surface area contributed by atoms with Gasteiger partial charge in [0.05, 0.1) is 22.7 Å². The Morgan fingerprint density at radius 1 is 1.65 bits per heavy atom. The van der Waals surface area contributed by atoms with Crippen molar-refractivity contribution in [3.05, 3.63) is 10.6 Å². The molecule has 2 atom stereocenters. The molecule has 6 heteroatoms. The summed E-state index contributed by atoms with van der Waals surface area (Å²) in [6, 6.07) is 0.177. The molecule has 0 aromatic carbocycles. The van der Waals surface area contributed by atoms with Crippen molar-refractivity contribution in [2.75, 3.05) is 6.61 Å². The van der Waals surface area contributed by atoms with Gasteiger partial charge in [0.2, 0.25) is 0 Å². The van der Waals surface area contributed by atoms with Gasteiger partial charge in [0.15, 0.2) is 0 Å². The normalized spacial score (nSPS) is 21.9. The maximum absolute atomic E-state index is 5.61. The van der Waals surface area contributed by atoms with Crippen molar-refractivity contribution < 1.29 is 4.74 Å². The summed E-state index contributed by atoms with van der Waals surface area (Å²) in [7, 11) is 0. The van der Waals surface area contributed by atoms with Crippen LogP contribution in [0.15, 0.2) is 0 Å². The number of nitrogens with zero attached hydrogens (tertiary/aromatic N) is 2. The van der Waals surface area contributed by atoms with E-state index in [2.05, 4.69) is 15.0 Å². The van der Waals surface area contributed by atoms with E-state index >= 15 is 0 Å². The van der Waals surface area contributed by atoms with E-state index in [1.807, 2.05) is 6.92 Å². The highest BCUT2D eigenvalue weighted by molar-refractivity contribution is 7.05. The maximum atomic E-state index is 5.61. The molecule has 0 aliphatic carbocycles. The van der Waals surface area contributed by atoms with Crippen molar-refractivity contribution in [2.24, 2.45) is 5.84 Å². The van der Waals surface area contributed by atoms with Crippen LogP contribution in [0.5, 0.6) is 0 Å². The summed E-state index contributed by atoms with van der Waals surface area (Å²) in [6.45, 7) is 2.91. The van der Waals surface area contributed by atoms with Crippen molar-refractivity contribution in [3.8, 4) is 0 Å². The number of nitrogens with two attached hydrogens (primary N) is 1. The van der Waals surface area contributed by atoms with Crippen LogP contribution in [-0.4, -0.2) is 22.3 Å². The molecule has 1 aromatic rings. The van der Waals surface area contributed by atoms with Gasteiger partial charge in [-0.2, -0.15) is 0 Å². The van der Waals surface area contributed by atoms with Crippen molar-refractivity contribution >= 4 is 11.5 Å². The molecule has 0 spiro atoms. The van der Waals surface area contributed by atoms with E-state index in [9.17, 15) is 0 Å². The first-order valence-corrected chi connectivity index (χ1v) is 6.95. The summed E-state index contributed by atoms with van der Waals surface area (Å²) in [6.07, 6.45) is 6.15. The van der Waals surface area contributed by atoms with Gasteiger partial charge in [-0.1, -0.05) is 4.49 Å². The van der Waals surface area contributed by atoms with Crippen LogP contribution in [0.2, 0.25) is 0 Å². The van der Waals surface area contributed by atoms with Crippen molar-refractivity contribution in [3.63, 3.8) is 0 Å². The van der Waals surface area contributed by atoms with Crippen LogP contribution in [0.25, 0.3) is 0 Å². The van der Waals surface area contributed by atoms with Crippen molar-refractivity contribution in [1.82, 2.24) is 15.0 Å². The average molecular weight is 256 g/mol. The molecule has 1 saturated heterocycles. The summed E-state index contributed by atoms with van der Waals surface area (Å²) >= 11 is 1.43. The highest BCUT2D eigenvalue weighted by Gasteiger charge is 2.18. The third kappa shape index (κ3) is 3.45. The lowest BCUT2D eigenvalue weighted by molar-refractivity contribution is 0.101. The van der Waals surface area contributed by atoms with Crippen LogP contribution >= 0.6 is 11.5 Å². The third-order valence-electron chi connectivity index (χ3n) is 3.25. The Labute approximate surface area is 106 Å². The van der Waals surface area contributed by atoms with Crippen molar-refractivity contribution in [2.45, 2.75) is 51.2 Å². The quantitative estimate of drug-likeness (QED) is 0.598. The second kappa shape index (κ2) is 6.39. The summed E-state index contributed by atoms with van der Waals surface area (Å²) < 4.78 is 9.56. The van der Waals surface area contributed by atoms with Crippen LogP contribution in [-0.2, 0) is 4.74 Å². The van der Waals surface area contributed by atoms with Crippen LogP contribution in [0.3, 0.4) is 0 Å². The Bertz CT molecular complexity index is 338. The van der Waals surface area contributed by atoms with E-state index in [0.717, 1.165) is 36.4 Å². The predicted octanol–water partition coefficient (Wildman–Crippen LogP) is 1.70. The van der Waals surface area contributed by atoms with Gasteiger partial charge < -0.3 is 4.74 Å². The minimum Gasteiger partial charge on any atom is -0.378 e. The topological polar surface area (TPSA) is 73.1 Å². The fourth-order valence-corrected chi connectivity index (χ4v) is 3.01. The lowest BCUT2D eigenvalue weighted by Crippen LogP contribution is -2.28. The summed E-state index contributed by atoms with van der Waals surface area (Å²) in [5.41, 5.74) is 3.84. The van der Waals surface area contributed by atoms with Crippen LogP contribution in [0.4, 0.5) is 0 Å². The van der Waals surface area contributed by atoms with Gasteiger partial charge in [-0.05, 0) is 50.6 Å². The molecule has 1 aliphatic rings. The van der Waals surface area contributed by atoms with Gasteiger partial charge >= 0.3 is 0 Å². The number of hydrogen-bond donors (Lipinski definition) is 2. The predicted molar refractivity (Wildman–Crippen MR) is 67.5 cm³/mol. The zero-order valence-electron chi connectivity index (χ0n) is 10.2. The summed E-state index contributed by atoms with van der Waals surface area (Å²) in [5, 5.41) is 4.02. The van der Waals surface area contributed by atoms with E-state index in [-0.39, 0.29) is 6.04 Å². The minimum atomic E-state index is 0.177. The molecular formula is C11H20N4OS. The van der Waals surface area contributed by atoms with Gasteiger partial charge in [-0.25, -0.2) is 0 Å². The van der Waals surface area contributed by atoms with E-state index in [4.69, 9.17) is 10.6 Å². The number of rotatable bonds is 6. The number of hydrazine groups is 1. The molecule has 1 fully saturated rings. The Morgan fingerprint density at radius 3 is 3.12 bits per heavy atom. The monoisotopic (exact) mass is 256 g/mol. The minimum absolute atomic E-state index is 0.177. The lowest BCUT2D eigenvalue weighted by atomic mass is 10.0. The number of hydrogen-bond acceptors (Lipinski definition) is 6. The second-order valence-electron chi connectivity index (χ2n) is 4.51. The van der Waals surface area contributed by atoms with E-state index < -0.39 is 0 Å². The smallest absolute Gasteiger partial charge is 0.0773 e. The fourth-order valence-electron chi connectivity index (χ4n) is 2.27. The van der Waals surface area contributed by atoms with Crippen molar-refractivity contribution in [1.29, 1.82) is 0 Å². The molecule has 0 amide bonds. The summed E-state index contributed by atoms with van der Waals surface area (Å²) in [5.74, 6) is 5.60. The molecule has 96 valence electrons. The first-order chi connectivity index (χ1) is 8.31. The Morgan fingerprint density at radius 2 is 2.53 bits per heavy atom. The molecule has 0 saturated carbocycles. The Balaban J connectivity index is 1.77. The van der Waals surface area contributed by atoms with E-state index in [1.54, 1.807) is 0 Å². The zero-order chi connectivity index (χ0) is 12.1. The second-order valence-corrected chi connectivity index (χ2v) is 5.29. The molecule has 1 aromatic heterocycles. The van der Waals surface area contributed by atoms with E-state index in [0.29, 0.717) is 6.10 Å². The SMILES string of the molecule is Cc1nnsc1C(CCCC1CCCO1)NN. The molecule has 5 nitrogen and oxygen atoms in total. The first-order valence-electron chi connectivity index (χ1n) is 6.18. The number of nitrogens with one attached hydrogen (secondary N) is 1. The van der Waals surface area contributed by atoms with Crippen LogP contribution in [0, 0.1) is 6.92 Å². The summed E-state index contributed by atoms with van der Waals surface area (Å²) in [4.78, 5) is 1.15. The number of aryl methyl sites for hydroxylation is 1. The van der Waals surface area contributed by atoms with Gasteiger partial charge in [0.1, 0.15) is 0 Å². The first kappa shape index (κ1) is 12.9. The molecule has 2 rings (SSSR count). The standard InChI is InChI=1S/C11H20N4OS/c1-8-11(17-15-14-8)10(13-12)6-2-4-9-5-3-7-16-9/h9-10,13H,2-7,12H2,1H3. The Kier molecular flexibility index (Phi) is 4.85. The molecule has 2 heterocycles. The number of aromatic nitrogens is 2. The lowest BCUT2D eigenvalue weighted by Gasteiger charge is -2.15. The molecule has 0 radical (unpaired) electrons. The fraction of sp³-hybridized carbons (Fsp3) is 0.818. The molecule has 2 unspecified atom stereocenters. The average Bonchev–Trinajstić information content (AvgIpc) is 2.96. The molecular weight excluding hydrogens is 236 g/mol. The third-order valence-corrected chi connectivity index (χ3v) is 4.19. The van der Waals surface area contributed by atoms with E-state index in [1.165, 1.54) is 24.4 Å². The van der Waals surface area contributed by atoms with Gasteiger partial charge in [-0.3, -0.25) is 11.3 Å². The highest BCUT2D eigenvalue weighted by Crippen LogP contribution is 2.25. The zero-order valence-corrected chi connectivity index (χ0v) is 11.0. The molecule has 0 bridgehead atoms.